The van der Waals surface area contributed by atoms with Gasteiger partial charge in [-0.05, 0) is 49.8 Å². The zero-order valence-corrected chi connectivity index (χ0v) is 11.7. The van der Waals surface area contributed by atoms with Crippen LogP contribution in [0.25, 0.3) is 0 Å². The minimum absolute atomic E-state index is 0.644. The first-order valence-corrected chi connectivity index (χ1v) is 7.44. The lowest BCUT2D eigenvalue weighted by atomic mass is 9.89. The molecule has 0 nitrogen and oxygen atoms in total. The van der Waals surface area contributed by atoms with Gasteiger partial charge in [0.25, 0.3) is 0 Å². The molecule has 0 N–H and O–H groups in total. The molecule has 84 valence electrons. The fourth-order valence-corrected chi connectivity index (χ4v) is 3.12. The molecule has 15 heavy (non-hydrogen) atoms. The number of rotatable bonds is 4. The van der Waals surface area contributed by atoms with Crippen LogP contribution in [0.4, 0.5) is 0 Å². The molecule has 0 bridgehead atoms. The topological polar surface area (TPSA) is 0 Å². The lowest BCUT2D eigenvalue weighted by Gasteiger charge is -2.17. The number of thiol groups is 1. The van der Waals surface area contributed by atoms with Crippen LogP contribution in [0.3, 0.4) is 0 Å². The molecule has 0 aliphatic carbocycles. The molecule has 0 heterocycles. The Morgan fingerprint density at radius 1 is 1.20 bits per heavy atom. The Hall–Kier alpha value is -0.0800. The third-order valence-corrected chi connectivity index (χ3v) is 3.84. The molecule has 1 rings (SSSR count). The molecule has 1 aromatic rings. The van der Waals surface area contributed by atoms with Crippen LogP contribution < -0.4 is 0 Å². The molecule has 1 atom stereocenters. The molecule has 0 fully saturated rings. The van der Waals surface area contributed by atoms with Crippen molar-refractivity contribution < 1.29 is 0 Å². The van der Waals surface area contributed by atoms with Gasteiger partial charge < -0.3 is 0 Å². The molecule has 0 spiro atoms. The van der Waals surface area contributed by atoms with Crippen LogP contribution in [-0.2, 0) is 0 Å². The average molecular weight is 240 g/mol. The summed E-state index contributed by atoms with van der Waals surface area (Å²) >= 11 is 4.19. The summed E-state index contributed by atoms with van der Waals surface area (Å²) in [7, 11) is 1.63. The quantitative estimate of drug-likeness (QED) is 0.589. The molecule has 0 aromatic heterocycles. The largest absolute Gasteiger partial charge is 0.111 e. The highest BCUT2D eigenvalue weighted by molar-refractivity contribution is 8.68. The highest BCUT2D eigenvalue weighted by atomic mass is 33.1. The zero-order valence-electron chi connectivity index (χ0n) is 10.0. The summed E-state index contributed by atoms with van der Waals surface area (Å²) in [6.07, 6.45) is 1.21. The predicted octanol–water partition coefficient (Wildman–Crippen LogP) is 4.68. The summed E-state index contributed by atoms with van der Waals surface area (Å²) < 4.78 is 0. The van der Waals surface area contributed by atoms with Gasteiger partial charge in [-0.15, -0.1) is 11.7 Å². The smallest absolute Gasteiger partial charge is 0.00402 e. The first-order valence-electron chi connectivity index (χ1n) is 5.40. The number of hydrogen-bond acceptors (Lipinski definition) is 2. The van der Waals surface area contributed by atoms with Gasteiger partial charge in [0.1, 0.15) is 0 Å². The lowest BCUT2D eigenvalue weighted by molar-refractivity contribution is 0.730. The summed E-state index contributed by atoms with van der Waals surface area (Å²) in [5.74, 6) is 1.77. The van der Waals surface area contributed by atoms with Crippen LogP contribution in [0.15, 0.2) is 12.1 Å². The van der Waals surface area contributed by atoms with Crippen LogP contribution in [0.1, 0.15) is 41.5 Å². The van der Waals surface area contributed by atoms with Crippen molar-refractivity contribution in [3.05, 3.63) is 34.4 Å². The van der Waals surface area contributed by atoms with Gasteiger partial charge in [-0.1, -0.05) is 35.4 Å². The van der Waals surface area contributed by atoms with Gasteiger partial charge in [0.2, 0.25) is 0 Å². The Morgan fingerprint density at radius 2 is 1.73 bits per heavy atom. The van der Waals surface area contributed by atoms with Gasteiger partial charge in [0, 0.05) is 5.75 Å². The molecule has 0 aliphatic rings. The van der Waals surface area contributed by atoms with Crippen molar-refractivity contribution >= 4 is 22.5 Å². The van der Waals surface area contributed by atoms with Gasteiger partial charge in [0.15, 0.2) is 0 Å². The number of hydrogen-bond donors (Lipinski definition) is 1. The minimum atomic E-state index is 0.644. The van der Waals surface area contributed by atoms with E-state index in [0.29, 0.717) is 5.92 Å². The summed E-state index contributed by atoms with van der Waals surface area (Å²) in [6.45, 7) is 8.92. The molecular formula is C13H20S2. The van der Waals surface area contributed by atoms with Crippen LogP contribution in [0.2, 0.25) is 0 Å². The van der Waals surface area contributed by atoms with Gasteiger partial charge in [-0.25, -0.2) is 0 Å². The molecule has 0 aliphatic heterocycles. The van der Waals surface area contributed by atoms with Gasteiger partial charge in [-0.2, -0.15) is 0 Å². The second-order valence-corrected chi connectivity index (χ2v) is 5.78. The summed E-state index contributed by atoms with van der Waals surface area (Å²) in [5, 5.41) is 0. The van der Waals surface area contributed by atoms with Crippen LogP contribution in [-0.4, -0.2) is 5.75 Å². The van der Waals surface area contributed by atoms with Crippen LogP contribution in [0, 0.1) is 20.8 Å². The monoisotopic (exact) mass is 240 g/mol. The van der Waals surface area contributed by atoms with E-state index in [9.17, 15) is 0 Å². The van der Waals surface area contributed by atoms with Crippen molar-refractivity contribution in [3.63, 3.8) is 0 Å². The first-order chi connectivity index (χ1) is 7.06. The Bertz CT molecular complexity index is 308. The third kappa shape index (κ3) is 3.46. The van der Waals surface area contributed by atoms with Crippen LogP contribution >= 0.6 is 22.5 Å². The average Bonchev–Trinajstić information content (AvgIpc) is 2.12. The first kappa shape index (κ1) is 13.0. The summed E-state index contributed by atoms with van der Waals surface area (Å²) in [6, 6.07) is 4.57. The second kappa shape index (κ2) is 5.86. The summed E-state index contributed by atoms with van der Waals surface area (Å²) in [4.78, 5) is 0. The number of benzene rings is 1. The Morgan fingerprint density at radius 3 is 2.20 bits per heavy atom. The fourth-order valence-electron chi connectivity index (χ4n) is 2.34. The second-order valence-electron chi connectivity index (χ2n) is 4.34. The van der Waals surface area contributed by atoms with E-state index in [1.807, 2.05) is 0 Å². The van der Waals surface area contributed by atoms with Crippen molar-refractivity contribution in [2.24, 2.45) is 0 Å². The predicted molar refractivity (Wildman–Crippen MR) is 75.1 cm³/mol. The van der Waals surface area contributed by atoms with Crippen molar-refractivity contribution in [3.8, 4) is 0 Å². The van der Waals surface area contributed by atoms with Crippen molar-refractivity contribution in [2.75, 3.05) is 5.75 Å². The Balaban J connectivity index is 2.92. The highest BCUT2D eigenvalue weighted by Crippen LogP contribution is 2.28. The van der Waals surface area contributed by atoms with E-state index in [-0.39, 0.29) is 0 Å². The fraction of sp³-hybridized carbons (Fsp3) is 0.538. The highest BCUT2D eigenvalue weighted by Gasteiger charge is 2.11. The third-order valence-electron chi connectivity index (χ3n) is 2.87. The van der Waals surface area contributed by atoms with E-state index >= 15 is 0 Å². The SMILES string of the molecule is Cc1cc(C)c(C(C)CCSS)c(C)c1. The molecule has 0 saturated heterocycles. The standard InChI is InChI=1S/C13H20S2/c1-9-7-11(3)13(12(4)8-9)10(2)5-6-15-14/h7-8,10,14H,5-6H2,1-4H3. The Labute approximate surface area is 103 Å². The maximum Gasteiger partial charge on any atom is 0.00402 e. The summed E-state index contributed by atoms with van der Waals surface area (Å²) in [5.41, 5.74) is 5.76. The van der Waals surface area contributed by atoms with E-state index in [2.05, 4.69) is 51.5 Å². The van der Waals surface area contributed by atoms with E-state index in [0.717, 1.165) is 5.75 Å². The van der Waals surface area contributed by atoms with Crippen molar-refractivity contribution in [1.29, 1.82) is 0 Å². The van der Waals surface area contributed by atoms with Crippen LogP contribution in [0.5, 0.6) is 0 Å². The lowest BCUT2D eigenvalue weighted by Crippen LogP contribution is -2.01. The number of aryl methyl sites for hydroxylation is 3. The normalized spacial score (nSPS) is 12.9. The molecule has 1 aromatic carbocycles. The molecular weight excluding hydrogens is 220 g/mol. The molecule has 0 radical (unpaired) electrons. The maximum absolute atomic E-state index is 4.19. The van der Waals surface area contributed by atoms with Gasteiger partial charge >= 0.3 is 0 Å². The van der Waals surface area contributed by atoms with E-state index in [1.54, 1.807) is 10.8 Å². The Kier molecular flexibility index (Phi) is 5.07. The zero-order chi connectivity index (χ0) is 11.4. The molecule has 2 heteroatoms. The van der Waals surface area contributed by atoms with Crippen molar-refractivity contribution in [2.45, 2.75) is 40.0 Å². The van der Waals surface area contributed by atoms with E-state index in [1.165, 1.54) is 28.7 Å². The minimum Gasteiger partial charge on any atom is -0.111 e. The van der Waals surface area contributed by atoms with Gasteiger partial charge in [0.05, 0.1) is 0 Å². The molecule has 1 unspecified atom stereocenters. The van der Waals surface area contributed by atoms with Gasteiger partial charge in [-0.3, -0.25) is 0 Å². The molecule has 0 saturated carbocycles. The van der Waals surface area contributed by atoms with Crippen molar-refractivity contribution in [1.82, 2.24) is 0 Å². The van der Waals surface area contributed by atoms with E-state index < -0.39 is 0 Å². The molecule has 0 amide bonds. The van der Waals surface area contributed by atoms with E-state index in [4.69, 9.17) is 0 Å². The maximum atomic E-state index is 4.19.